The minimum atomic E-state index is -0.620. The van der Waals surface area contributed by atoms with E-state index in [1.54, 1.807) is 5.57 Å². The third-order valence-electron chi connectivity index (χ3n) is 7.04. The first-order valence-corrected chi connectivity index (χ1v) is 11.1. The highest BCUT2D eigenvalue weighted by molar-refractivity contribution is 5.78. The van der Waals surface area contributed by atoms with Gasteiger partial charge in [0, 0.05) is 24.7 Å². The highest BCUT2D eigenvalue weighted by Crippen LogP contribution is 2.45. The largest absolute Gasteiger partial charge is 0.481 e. The van der Waals surface area contributed by atoms with Crippen LogP contribution in [0.3, 0.4) is 0 Å². The number of carbonyl (C=O) groups is 1. The summed E-state index contributed by atoms with van der Waals surface area (Å²) in [5.41, 5.74) is 2.44. The van der Waals surface area contributed by atoms with E-state index in [0.29, 0.717) is 30.6 Å². The van der Waals surface area contributed by atoms with Crippen molar-refractivity contribution in [3.63, 3.8) is 0 Å². The van der Waals surface area contributed by atoms with E-state index < -0.39 is 11.4 Å². The number of carboxylic acid groups (broad SMARTS) is 1. The minimum Gasteiger partial charge on any atom is -0.481 e. The minimum absolute atomic E-state index is 0.446. The maximum Gasteiger partial charge on any atom is 0.310 e. The molecule has 3 aliphatic rings. The van der Waals surface area contributed by atoms with E-state index in [1.807, 2.05) is 0 Å². The lowest BCUT2D eigenvalue weighted by molar-refractivity contribution is -0.143. The summed E-state index contributed by atoms with van der Waals surface area (Å²) in [6.07, 6.45) is 11.2. The van der Waals surface area contributed by atoms with Crippen molar-refractivity contribution >= 4 is 12.0 Å². The zero-order valence-corrected chi connectivity index (χ0v) is 17.0. The van der Waals surface area contributed by atoms with Crippen LogP contribution in [-0.2, 0) is 4.79 Å². The predicted molar refractivity (Wildman–Crippen MR) is 113 cm³/mol. The summed E-state index contributed by atoms with van der Waals surface area (Å²) in [6.45, 7) is 2.92. The number of aliphatic carboxylic acids is 1. The van der Waals surface area contributed by atoms with Gasteiger partial charge in [0.1, 0.15) is 0 Å². The number of benzene rings is 1. The Hall–Kier alpha value is -1.65. The van der Waals surface area contributed by atoms with Crippen LogP contribution in [0.5, 0.6) is 0 Å². The van der Waals surface area contributed by atoms with E-state index in [9.17, 15) is 9.90 Å². The molecule has 0 aliphatic heterocycles. The molecule has 4 heteroatoms. The number of nitrogens with one attached hydrogen (secondary N) is 2. The molecule has 3 fully saturated rings. The normalized spacial score (nSPS) is 31.4. The van der Waals surface area contributed by atoms with Gasteiger partial charge in [-0.2, -0.15) is 0 Å². The average molecular weight is 383 g/mol. The van der Waals surface area contributed by atoms with Crippen molar-refractivity contribution in [3.05, 3.63) is 41.5 Å². The smallest absolute Gasteiger partial charge is 0.310 e. The van der Waals surface area contributed by atoms with Crippen LogP contribution in [0.1, 0.15) is 63.9 Å². The molecule has 1 aromatic rings. The maximum absolute atomic E-state index is 11.3. The fourth-order valence-electron chi connectivity index (χ4n) is 4.75. The Labute approximate surface area is 168 Å². The second-order valence-electron chi connectivity index (χ2n) is 9.11. The summed E-state index contributed by atoms with van der Waals surface area (Å²) >= 11 is 0. The van der Waals surface area contributed by atoms with Gasteiger partial charge in [0.25, 0.3) is 0 Å². The van der Waals surface area contributed by atoms with Crippen molar-refractivity contribution in [2.24, 2.45) is 11.3 Å². The Bertz CT molecular complexity index is 703. The summed E-state index contributed by atoms with van der Waals surface area (Å²) in [4.78, 5) is 11.3. The molecule has 0 aromatic heterocycles. The number of carboxylic acids is 1. The Morgan fingerprint density at radius 2 is 1.82 bits per heavy atom. The third-order valence-corrected chi connectivity index (χ3v) is 7.04. The molecule has 1 aromatic carbocycles. The van der Waals surface area contributed by atoms with E-state index >= 15 is 0 Å². The molecule has 0 bridgehead atoms. The van der Waals surface area contributed by atoms with Crippen molar-refractivity contribution in [1.82, 2.24) is 10.6 Å². The molecule has 0 spiro atoms. The maximum atomic E-state index is 11.3. The van der Waals surface area contributed by atoms with Crippen LogP contribution in [0.4, 0.5) is 0 Å². The van der Waals surface area contributed by atoms with Gasteiger partial charge in [-0.25, -0.2) is 0 Å². The Balaban J connectivity index is 1.20. The van der Waals surface area contributed by atoms with Crippen molar-refractivity contribution in [2.45, 2.75) is 76.4 Å². The van der Waals surface area contributed by atoms with Crippen LogP contribution in [0, 0.1) is 11.3 Å². The van der Waals surface area contributed by atoms with Crippen molar-refractivity contribution in [2.75, 3.05) is 6.54 Å². The zero-order valence-electron chi connectivity index (χ0n) is 17.0. The first-order valence-electron chi connectivity index (χ1n) is 11.1. The average Bonchev–Trinajstić information content (AvgIpc) is 3.63. The van der Waals surface area contributed by atoms with Crippen molar-refractivity contribution < 1.29 is 9.90 Å². The molecule has 2 atom stereocenters. The lowest BCUT2D eigenvalue weighted by Gasteiger charge is -2.31. The standard InChI is InChI=1S/C24H34N2O2/c1-2-18(14-17-6-4-3-5-7-17)21-15-22(21)26-20-10-8-19(9-11-20)25-16-24(12-13-24)23(27)28/h3-7,14,19-22,25-26H,2,8-13,15-16H2,1H3,(H,27,28). The van der Waals surface area contributed by atoms with E-state index in [0.717, 1.165) is 32.1 Å². The molecular formula is C24H34N2O2. The first kappa shape index (κ1) is 19.7. The third kappa shape index (κ3) is 4.66. The second-order valence-corrected chi connectivity index (χ2v) is 9.11. The Morgan fingerprint density at radius 3 is 2.43 bits per heavy atom. The highest BCUT2D eigenvalue weighted by atomic mass is 16.4. The van der Waals surface area contributed by atoms with Gasteiger partial charge in [-0.1, -0.05) is 48.9 Å². The van der Waals surface area contributed by atoms with E-state index in [1.165, 1.54) is 24.8 Å². The van der Waals surface area contributed by atoms with E-state index in [-0.39, 0.29) is 0 Å². The van der Waals surface area contributed by atoms with Crippen molar-refractivity contribution in [1.29, 1.82) is 0 Å². The van der Waals surface area contributed by atoms with Crippen LogP contribution in [0.2, 0.25) is 0 Å². The summed E-state index contributed by atoms with van der Waals surface area (Å²) < 4.78 is 0. The van der Waals surface area contributed by atoms with Gasteiger partial charge in [-0.15, -0.1) is 0 Å². The highest BCUT2D eigenvalue weighted by Gasteiger charge is 2.50. The van der Waals surface area contributed by atoms with Crippen LogP contribution in [-0.4, -0.2) is 35.7 Å². The SMILES string of the molecule is CCC(=Cc1ccccc1)C1CC1NC1CCC(NCC2(C(=O)O)CC2)CC1. The molecular weight excluding hydrogens is 348 g/mol. The van der Waals surface area contributed by atoms with Gasteiger partial charge >= 0.3 is 5.97 Å². The molecule has 2 unspecified atom stereocenters. The van der Waals surface area contributed by atoms with Gasteiger partial charge in [-0.05, 0) is 62.8 Å². The molecule has 3 N–H and O–H groups in total. The van der Waals surface area contributed by atoms with E-state index in [4.69, 9.17) is 0 Å². The van der Waals surface area contributed by atoms with Crippen LogP contribution < -0.4 is 10.6 Å². The summed E-state index contributed by atoms with van der Waals surface area (Å²) in [6, 6.07) is 12.4. The molecule has 4 rings (SSSR count). The lowest BCUT2D eigenvalue weighted by atomic mass is 9.90. The van der Waals surface area contributed by atoms with Gasteiger partial charge < -0.3 is 15.7 Å². The molecule has 0 amide bonds. The number of hydrogen-bond acceptors (Lipinski definition) is 3. The van der Waals surface area contributed by atoms with Gasteiger partial charge in [0.05, 0.1) is 5.41 Å². The van der Waals surface area contributed by atoms with Crippen molar-refractivity contribution in [3.8, 4) is 0 Å². The van der Waals surface area contributed by atoms with Crippen LogP contribution in [0.15, 0.2) is 35.9 Å². The summed E-state index contributed by atoms with van der Waals surface area (Å²) in [7, 11) is 0. The Morgan fingerprint density at radius 1 is 1.14 bits per heavy atom. The quantitative estimate of drug-likeness (QED) is 0.598. The molecule has 0 saturated heterocycles. The van der Waals surface area contributed by atoms with Crippen LogP contribution >= 0.6 is 0 Å². The molecule has 0 radical (unpaired) electrons. The lowest BCUT2D eigenvalue weighted by Crippen LogP contribution is -2.43. The topological polar surface area (TPSA) is 61.4 Å². The monoisotopic (exact) mass is 382 g/mol. The molecule has 28 heavy (non-hydrogen) atoms. The molecule has 0 heterocycles. The fraction of sp³-hybridized carbons (Fsp3) is 0.625. The van der Waals surface area contributed by atoms with Gasteiger partial charge in [0.2, 0.25) is 0 Å². The van der Waals surface area contributed by atoms with Crippen LogP contribution in [0.25, 0.3) is 6.08 Å². The second kappa shape index (κ2) is 8.38. The molecule has 152 valence electrons. The molecule has 4 nitrogen and oxygen atoms in total. The summed E-state index contributed by atoms with van der Waals surface area (Å²) in [5.74, 6) is 0.0803. The van der Waals surface area contributed by atoms with E-state index in [2.05, 4.69) is 54.0 Å². The predicted octanol–water partition coefficient (Wildman–Crippen LogP) is 4.22. The zero-order chi connectivity index (χ0) is 19.6. The number of hydrogen-bond donors (Lipinski definition) is 3. The number of rotatable bonds is 9. The molecule has 3 saturated carbocycles. The Kier molecular flexibility index (Phi) is 5.88. The van der Waals surface area contributed by atoms with Gasteiger partial charge in [0.15, 0.2) is 0 Å². The first-order chi connectivity index (χ1) is 13.6. The molecule has 3 aliphatic carbocycles. The fourth-order valence-corrected chi connectivity index (χ4v) is 4.75. The van der Waals surface area contributed by atoms with Gasteiger partial charge in [-0.3, -0.25) is 4.79 Å². The summed E-state index contributed by atoms with van der Waals surface area (Å²) in [5, 5.41) is 16.8.